The molecule has 0 spiro atoms. The van der Waals surface area contributed by atoms with Crippen LogP contribution >= 0.6 is 15.2 Å². The molecule has 0 bridgehead atoms. The summed E-state index contributed by atoms with van der Waals surface area (Å²) in [6, 6.07) is 0. The second kappa shape index (κ2) is 5.27. The molecule has 0 unspecified atom stereocenters. The molecule has 9 heteroatoms. The zero-order valence-corrected chi connectivity index (χ0v) is 10.7. The molecule has 0 aromatic heterocycles. The summed E-state index contributed by atoms with van der Waals surface area (Å²) in [4.78, 5) is 34.6. The van der Waals surface area contributed by atoms with Crippen molar-refractivity contribution >= 4 is 15.2 Å². The van der Waals surface area contributed by atoms with Crippen LogP contribution in [0.25, 0.3) is 0 Å². The lowest BCUT2D eigenvalue weighted by atomic mass is 10.2. The monoisotopic (exact) mass is 275 g/mol. The van der Waals surface area contributed by atoms with Crippen molar-refractivity contribution in [2.45, 2.75) is 43.4 Å². The van der Waals surface area contributed by atoms with Gasteiger partial charge in [0.15, 0.2) is 4.90 Å². The quantitative estimate of drug-likeness (QED) is 0.379. The van der Waals surface area contributed by atoms with Gasteiger partial charge in [-0.2, -0.15) is 0 Å². The third kappa shape index (κ3) is 2.93. The van der Waals surface area contributed by atoms with Crippen molar-refractivity contribution in [2.75, 3.05) is 0 Å². The lowest BCUT2D eigenvalue weighted by molar-refractivity contribution is 0.296. The van der Waals surface area contributed by atoms with Crippen molar-refractivity contribution in [1.29, 1.82) is 0 Å². The van der Waals surface area contributed by atoms with Gasteiger partial charge >= 0.3 is 15.2 Å². The van der Waals surface area contributed by atoms with Crippen LogP contribution in [0.4, 0.5) is 0 Å². The zero-order valence-electron chi connectivity index (χ0n) is 8.95. The Hall–Kier alpha value is 0.260. The molecule has 16 heavy (non-hydrogen) atoms. The summed E-state index contributed by atoms with van der Waals surface area (Å²) in [5, 5.41) is 0. The van der Waals surface area contributed by atoms with Crippen molar-refractivity contribution in [2.24, 2.45) is 0 Å². The first kappa shape index (κ1) is 16.3. The number of hydrogen-bond donors (Lipinski definition) is 5. The van der Waals surface area contributed by atoms with Gasteiger partial charge < -0.3 is 25.7 Å². The van der Waals surface area contributed by atoms with Crippen LogP contribution in [0.5, 0.6) is 0 Å². The SMILES string of the molecule is N.O=P(O)(O)C1(P(=O)(O)O)CCCCCC1. The summed E-state index contributed by atoms with van der Waals surface area (Å²) in [7, 11) is -9.57. The molecule has 0 aliphatic heterocycles. The van der Waals surface area contributed by atoms with Crippen molar-refractivity contribution in [1.82, 2.24) is 6.15 Å². The van der Waals surface area contributed by atoms with E-state index in [0.717, 1.165) is 12.8 Å². The standard InChI is InChI=1S/C7H16O6P2.H3N/c8-14(9,10)7(15(11,12)13)5-3-1-2-4-6-7;/h1-6H2,(H2,8,9,10)(H2,11,12,13);1H3. The van der Waals surface area contributed by atoms with E-state index in [1.807, 2.05) is 0 Å². The normalized spacial score (nSPS) is 22.0. The van der Waals surface area contributed by atoms with E-state index >= 15 is 0 Å². The fourth-order valence-corrected chi connectivity index (χ4v) is 5.20. The maximum absolute atomic E-state index is 11.3. The Bertz CT molecular complexity index is 289. The van der Waals surface area contributed by atoms with Gasteiger partial charge in [-0.15, -0.1) is 0 Å². The lowest BCUT2D eigenvalue weighted by Gasteiger charge is -2.33. The summed E-state index contributed by atoms with van der Waals surface area (Å²) < 4.78 is 22.6. The first-order valence-electron chi connectivity index (χ1n) is 4.82. The Morgan fingerprint density at radius 3 is 1.31 bits per heavy atom. The van der Waals surface area contributed by atoms with Crippen LogP contribution in [-0.2, 0) is 9.13 Å². The van der Waals surface area contributed by atoms with Gasteiger partial charge in [-0.1, -0.05) is 25.7 Å². The van der Waals surface area contributed by atoms with E-state index in [1.54, 1.807) is 0 Å². The Morgan fingerprint density at radius 1 is 0.750 bits per heavy atom. The van der Waals surface area contributed by atoms with Crippen LogP contribution < -0.4 is 6.15 Å². The van der Waals surface area contributed by atoms with Gasteiger partial charge in [0, 0.05) is 0 Å². The van der Waals surface area contributed by atoms with Gasteiger partial charge in [0.2, 0.25) is 0 Å². The predicted octanol–water partition coefficient (Wildman–Crippen LogP) is 1.55. The molecule has 0 atom stereocenters. The molecule has 0 radical (unpaired) electrons. The molecule has 7 N–H and O–H groups in total. The first-order chi connectivity index (χ1) is 6.71. The molecule has 0 aromatic rings. The average molecular weight is 275 g/mol. The van der Waals surface area contributed by atoms with Crippen LogP contribution in [0, 0.1) is 0 Å². The molecule has 1 fully saturated rings. The molecule has 0 amide bonds. The molecule has 1 aliphatic rings. The molecule has 0 saturated heterocycles. The van der Waals surface area contributed by atoms with Gasteiger partial charge in [-0.05, 0) is 12.8 Å². The van der Waals surface area contributed by atoms with E-state index in [1.165, 1.54) is 0 Å². The third-order valence-electron chi connectivity index (χ3n) is 2.99. The summed E-state index contributed by atoms with van der Waals surface area (Å²) in [5.74, 6) is 0. The smallest absolute Gasteiger partial charge is 0.343 e. The van der Waals surface area contributed by atoms with Gasteiger partial charge in [-0.3, -0.25) is 9.13 Å². The van der Waals surface area contributed by atoms with E-state index in [0.29, 0.717) is 12.8 Å². The fourth-order valence-electron chi connectivity index (χ4n) is 2.05. The average Bonchev–Trinajstić information content (AvgIpc) is 2.25. The first-order valence-corrected chi connectivity index (χ1v) is 8.04. The maximum Gasteiger partial charge on any atom is 0.343 e. The highest BCUT2D eigenvalue weighted by Crippen LogP contribution is 2.73. The molecule has 0 aromatic carbocycles. The van der Waals surface area contributed by atoms with Crippen LogP contribution in [0.15, 0.2) is 0 Å². The summed E-state index contributed by atoms with van der Waals surface area (Å²) in [6.45, 7) is 0. The van der Waals surface area contributed by atoms with Crippen molar-refractivity contribution in [3.05, 3.63) is 0 Å². The summed E-state index contributed by atoms with van der Waals surface area (Å²) >= 11 is 0. The van der Waals surface area contributed by atoms with E-state index in [2.05, 4.69) is 0 Å². The Balaban J connectivity index is 0.00000225. The largest absolute Gasteiger partial charge is 0.344 e. The maximum atomic E-state index is 11.3. The molecular weight excluding hydrogens is 256 g/mol. The molecule has 98 valence electrons. The van der Waals surface area contributed by atoms with Crippen molar-refractivity contribution in [3.63, 3.8) is 0 Å². The summed E-state index contributed by atoms with van der Waals surface area (Å²) in [6.07, 6.45) is 2.25. The number of rotatable bonds is 2. The number of hydrogen-bond acceptors (Lipinski definition) is 3. The minimum atomic E-state index is -4.78. The van der Waals surface area contributed by atoms with Crippen LogP contribution in [0.3, 0.4) is 0 Å². The molecule has 7 nitrogen and oxygen atoms in total. The topological polar surface area (TPSA) is 150 Å². The van der Waals surface area contributed by atoms with Crippen LogP contribution in [-0.4, -0.2) is 24.5 Å². The molecule has 1 rings (SSSR count). The Labute approximate surface area is 94.2 Å². The van der Waals surface area contributed by atoms with Crippen LogP contribution in [0.2, 0.25) is 0 Å². The third-order valence-corrected chi connectivity index (χ3v) is 7.62. The second-order valence-electron chi connectivity index (χ2n) is 3.98. The summed E-state index contributed by atoms with van der Waals surface area (Å²) in [5.41, 5.74) is 0. The van der Waals surface area contributed by atoms with Gasteiger partial charge in [0.05, 0.1) is 0 Å². The highest BCUT2D eigenvalue weighted by Gasteiger charge is 2.59. The van der Waals surface area contributed by atoms with Crippen LogP contribution in [0.1, 0.15) is 38.5 Å². The van der Waals surface area contributed by atoms with E-state index in [-0.39, 0.29) is 19.0 Å². The highest BCUT2D eigenvalue weighted by molar-refractivity contribution is 7.72. The zero-order chi connectivity index (χ0) is 11.7. The minimum absolute atomic E-state index is 0. The predicted molar refractivity (Wildman–Crippen MR) is 59.5 cm³/mol. The van der Waals surface area contributed by atoms with Gasteiger partial charge in [0.1, 0.15) is 0 Å². The van der Waals surface area contributed by atoms with Crippen molar-refractivity contribution < 1.29 is 28.7 Å². The van der Waals surface area contributed by atoms with E-state index in [4.69, 9.17) is 0 Å². The van der Waals surface area contributed by atoms with Crippen molar-refractivity contribution in [3.8, 4) is 0 Å². The molecular formula is C7H19NO6P2. The molecule has 1 aliphatic carbocycles. The fraction of sp³-hybridized carbons (Fsp3) is 1.00. The van der Waals surface area contributed by atoms with E-state index < -0.39 is 20.1 Å². The Morgan fingerprint density at radius 2 is 1.06 bits per heavy atom. The molecule has 1 saturated carbocycles. The van der Waals surface area contributed by atoms with Gasteiger partial charge in [-0.25, -0.2) is 0 Å². The highest BCUT2D eigenvalue weighted by atomic mass is 31.2. The Kier molecular flexibility index (Phi) is 5.36. The second-order valence-corrected chi connectivity index (χ2v) is 8.23. The van der Waals surface area contributed by atoms with E-state index in [9.17, 15) is 28.7 Å². The minimum Gasteiger partial charge on any atom is -0.344 e. The van der Waals surface area contributed by atoms with Gasteiger partial charge in [0.25, 0.3) is 0 Å². The molecule has 0 heterocycles. The lowest BCUT2D eigenvalue weighted by Crippen LogP contribution is -2.28.